The summed E-state index contributed by atoms with van der Waals surface area (Å²) >= 11 is 0. The first kappa shape index (κ1) is 26.0. The largest absolute Gasteiger partial charge is 0.496 e. The Bertz CT molecular complexity index is 1000. The molecular formula is C27H35O6P. The van der Waals surface area contributed by atoms with Crippen LogP contribution in [0.4, 0.5) is 0 Å². The molecule has 0 radical (unpaired) electrons. The van der Waals surface area contributed by atoms with Crippen LogP contribution in [0.15, 0.2) is 42.5 Å². The minimum Gasteiger partial charge on any atom is -0.496 e. The van der Waals surface area contributed by atoms with Gasteiger partial charge in [0.2, 0.25) is 0 Å². The molecule has 3 rings (SSSR count). The van der Waals surface area contributed by atoms with Gasteiger partial charge in [-0.1, -0.05) is 30.3 Å². The fourth-order valence-electron chi connectivity index (χ4n) is 3.94. The van der Waals surface area contributed by atoms with Crippen molar-refractivity contribution in [1.29, 1.82) is 0 Å². The number of carbonyl (C=O) groups is 2. The zero-order chi connectivity index (χ0) is 24.9. The van der Waals surface area contributed by atoms with Gasteiger partial charge in [-0.25, -0.2) is 4.79 Å². The van der Waals surface area contributed by atoms with E-state index < -0.39 is 17.0 Å². The second-order valence-electron chi connectivity index (χ2n) is 10.0. The Morgan fingerprint density at radius 2 is 1.71 bits per heavy atom. The summed E-state index contributed by atoms with van der Waals surface area (Å²) in [6.45, 7) is 7.79. The molecule has 7 heteroatoms. The molecule has 0 N–H and O–H groups in total. The zero-order valence-electron chi connectivity index (χ0n) is 20.7. The van der Waals surface area contributed by atoms with Gasteiger partial charge in [0.25, 0.3) is 0 Å². The summed E-state index contributed by atoms with van der Waals surface area (Å²) in [7, 11) is 4.15. The number of benzene rings is 2. The number of esters is 2. The molecule has 0 aliphatic heterocycles. The van der Waals surface area contributed by atoms with Crippen molar-refractivity contribution in [2.45, 2.75) is 71.7 Å². The second-order valence-corrected chi connectivity index (χ2v) is 10.7. The maximum absolute atomic E-state index is 12.8. The summed E-state index contributed by atoms with van der Waals surface area (Å²) in [5.41, 5.74) is 0.206. The molecule has 1 saturated carbocycles. The molecule has 0 bridgehead atoms. The smallest absolute Gasteiger partial charge is 0.342 e. The molecule has 0 aromatic heterocycles. The van der Waals surface area contributed by atoms with Crippen molar-refractivity contribution in [2.24, 2.45) is 5.41 Å². The molecular weight excluding hydrogens is 451 g/mol. The molecule has 0 amide bonds. The van der Waals surface area contributed by atoms with Crippen LogP contribution < -0.4 is 14.8 Å². The fraction of sp³-hybridized carbons (Fsp3) is 0.481. The Morgan fingerprint density at radius 3 is 2.29 bits per heavy atom. The van der Waals surface area contributed by atoms with Crippen LogP contribution in [0.5, 0.6) is 11.5 Å². The van der Waals surface area contributed by atoms with E-state index in [1.54, 1.807) is 12.1 Å². The van der Waals surface area contributed by atoms with Crippen LogP contribution in [-0.2, 0) is 20.9 Å². The number of carbonyl (C=O) groups excluding carboxylic acids is 2. The number of rotatable bonds is 7. The highest BCUT2D eigenvalue weighted by atomic mass is 31.0. The van der Waals surface area contributed by atoms with Gasteiger partial charge in [0, 0.05) is 5.30 Å². The van der Waals surface area contributed by atoms with Gasteiger partial charge in [0.15, 0.2) is 0 Å². The molecule has 1 aliphatic rings. The van der Waals surface area contributed by atoms with Crippen molar-refractivity contribution in [1.82, 2.24) is 0 Å². The van der Waals surface area contributed by atoms with E-state index in [0.717, 1.165) is 23.7 Å². The Hall–Kier alpha value is -2.59. The van der Waals surface area contributed by atoms with E-state index in [2.05, 4.69) is 9.24 Å². The van der Waals surface area contributed by atoms with Crippen LogP contribution in [0.2, 0.25) is 0 Å². The van der Waals surface area contributed by atoms with E-state index in [-0.39, 0.29) is 18.7 Å². The number of hydrogen-bond acceptors (Lipinski definition) is 6. The lowest BCUT2D eigenvalue weighted by Crippen LogP contribution is -2.40. The lowest BCUT2D eigenvalue weighted by Gasteiger charge is -2.37. The van der Waals surface area contributed by atoms with Crippen LogP contribution in [-0.4, -0.2) is 30.8 Å². The summed E-state index contributed by atoms with van der Waals surface area (Å²) in [4.78, 5) is 25.5. The van der Waals surface area contributed by atoms with Crippen molar-refractivity contribution >= 4 is 26.5 Å². The van der Waals surface area contributed by atoms with Gasteiger partial charge in [-0.2, -0.15) is 0 Å². The summed E-state index contributed by atoms with van der Waals surface area (Å²) in [5.74, 6) is 0.384. The van der Waals surface area contributed by atoms with Crippen molar-refractivity contribution in [3.63, 3.8) is 0 Å². The molecule has 0 spiro atoms. The molecule has 0 heterocycles. The van der Waals surface area contributed by atoms with Crippen LogP contribution in [0.1, 0.15) is 69.3 Å². The maximum Gasteiger partial charge on any atom is 0.342 e. The lowest BCUT2D eigenvalue weighted by atomic mass is 9.74. The molecule has 2 aromatic rings. The Labute approximate surface area is 204 Å². The number of hydrogen-bond donors (Lipinski definition) is 0. The first-order chi connectivity index (χ1) is 16.0. The summed E-state index contributed by atoms with van der Waals surface area (Å²) in [6.07, 6.45) is 2.75. The van der Waals surface area contributed by atoms with Crippen molar-refractivity contribution in [3.05, 3.63) is 53.6 Å². The second kappa shape index (κ2) is 10.8. The number of ether oxygens (including phenoxy) is 4. The van der Waals surface area contributed by atoms with Crippen LogP contribution in [0.25, 0.3) is 0 Å². The zero-order valence-corrected chi connectivity index (χ0v) is 21.8. The predicted octanol–water partition coefficient (Wildman–Crippen LogP) is 5.22. The van der Waals surface area contributed by atoms with E-state index >= 15 is 0 Å². The monoisotopic (exact) mass is 486 g/mol. The van der Waals surface area contributed by atoms with E-state index in [9.17, 15) is 9.59 Å². The van der Waals surface area contributed by atoms with Gasteiger partial charge in [-0.05, 0) is 71.1 Å². The molecule has 0 saturated heterocycles. The van der Waals surface area contributed by atoms with Crippen molar-refractivity contribution < 1.29 is 28.5 Å². The van der Waals surface area contributed by atoms with Gasteiger partial charge in [0.05, 0.1) is 18.6 Å². The van der Waals surface area contributed by atoms with Crippen LogP contribution in [0, 0.1) is 5.41 Å². The molecule has 34 heavy (non-hydrogen) atoms. The topological polar surface area (TPSA) is 71.1 Å². The van der Waals surface area contributed by atoms with E-state index in [4.69, 9.17) is 18.9 Å². The molecule has 1 atom stereocenters. The highest BCUT2D eigenvalue weighted by Gasteiger charge is 2.41. The van der Waals surface area contributed by atoms with E-state index in [0.29, 0.717) is 29.9 Å². The Morgan fingerprint density at radius 1 is 1.06 bits per heavy atom. The van der Waals surface area contributed by atoms with Gasteiger partial charge in [0.1, 0.15) is 29.3 Å². The van der Waals surface area contributed by atoms with Crippen molar-refractivity contribution in [2.75, 3.05) is 7.11 Å². The third-order valence-corrected chi connectivity index (χ3v) is 6.44. The quantitative estimate of drug-likeness (QED) is 0.395. The molecule has 184 valence electrons. The van der Waals surface area contributed by atoms with Gasteiger partial charge < -0.3 is 18.9 Å². The first-order valence-electron chi connectivity index (χ1n) is 11.6. The highest BCUT2D eigenvalue weighted by molar-refractivity contribution is 7.27. The normalized spacial score (nSPS) is 20.4. The standard InChI is InChI=1S/C27H35O6P/c1-26(2,3)33-25(29)27(4)13-11-19(12-14-27)32-22-15-20(21(30-5)16-23(22)34)24(28)31-17-18-9-7-6-8-10-18/h6-10,15-16,19H,11-14,17,34H2,1-5H3/t19-,27+. The molecule has 1 unspecified atom stereocenters. The Balaban J connectivity index is 1.67. The van der Waals surface area contributed by atoms with Crippen LogP contribution in [0.3, 0.4) is 0 Å². The summed E-state index contributed by atoms with van der Waals surface area (Å²) in [6, 6.07) is 12.9. The SMILES string of the molecule is COc1cc(P)c(O[C@H]2CC[C@@](C)(C(=O)OC(C)(C)C)CC2)cc1C(=O)OCc1ccccc1. The van der Waals surface area contributed by atoms with E-state index in [1.807, 2.05) is 58.0 Å². The van der Waals surface area contributed by atoms with Gasteiger partial charge in [-0.15, -0.1) is 9.24 Å². The third kappa shape index (κ3) is 6.73. The predicted molar refractivity (Wildman–Crippen MR) is 135 cm³/mol. The third-order valence-electron chi connectivity index (χ3n) is 5.99. The summed E-state index contributed by atoms with van der Waals surface area (Å²) < 4.78 is 22.8. The first-order valence-corrected chi connectivity index (χ1v) is 12.2. The Kier molecular flexibility index (Phi) is 8.25. The molecule has 1 aliphatic carbocycles. The highest BCUT2D eigenvalue weighted by Crippen LogP contribution is 2.39. The molecule has 2 aromatic carbocycles. The molecule has 6 nitrogen and oxygen atoms in total. The van der Waals surface area contributed by atoms with Crippen molar-refractivity contribution in [3.8, 4) is 11.5 Å². The minimum absolute atomic E-state index is 0.0589. The van der Waals surface area contributed by atoms with Gasteiger partial charge >= 0.3 is 11.9 Å². The van der Waals surface area contributed by atoms with Gasteiger partial charge in [-0.3, -0.25) is 4.79 Å². The minimum atomic E-state index is -0.511. The van der Waals surface area contributed by atoms with E-state index in [1.165, 1.54) is 7.11 Å². The fourth-order valence-corrected chi connectivity index (χ4v) is 4.24. The lowest BCUT2D eigenvalue weighted by molar-refractivity contribution is -0.169. The van der Waals surface area contributed by atoms with Crippen LogP contribution >= 0.6 is 9.24 Å². The summed E-state index contributed by atoms with van der Waals surface area (Å²) in [5, 5.41) is 0.789. The number of methoxy groups -OCH3 is 1. The average Bonchev–Trinajstić information content (AvgIpc) is 2.79. The average molecular weight is 487 g/mol. The molecule has 1 fully saturated rings. The maximum atomic E-state index is 12.8.